The highest BCUT2D eigenvalue weighted by Crippen LogP contribution is 2.40. The quantitative estimate of drug-likeness (QED) is 0.677. The normalized spacial score (nSPS) is 32.0. The van der Waals surface area contributed by atoms with Crippen molar-refractivity contribution in [1.82, 2.24) is 0 Å². The second kappa shape index (κ2) is 4.07. The van der Waals surface area contributed by atoms with E-state index in [1.807, 2.05) is 6.92 Å². The Bertz CT molecular complexity index is 213. The molecule has 1 aliphatic heterocycles. The standard InChI is InChI=1S/C7H15O5P/c1-5-3-4-11-7(5)6(2)12-13(8,9)10/h5-7H,3-4H2,1-2H3,(H2,8,9,10)/t5-,6-,7-/m0/s1. The summed E-state index contributed by atoms with van der Waals surface area (Å²) in [6.07, 6.45) is 0.158. The minimum absolute atomic E-state index is 0.201. The lowest BCUT2D eigenvalue weighted by Gasteiger charge is -2.22. The Morgan fingerprint density at radius 1 is 1.62 bits per heavy atom. The molecule has 78 valence electrons. The van der Waals surface area contributed by atoms with Gasteiger partial charge in [0.2, 0.25) is 0 Å². The minimum Gasteiger partial charge on any atom is -0.375 e. The molecule has 0 radical (unpaired) electrons. The second-order valence-corrected chi connectivity index (χ2v) is 4.59. The molecule has 0 amide bonds. The number of phosphoric acid groups is 1. The van der Waals surface area contributed by atoms with Crippen molar-refractivity contribution >= 4 is 7.82 Å². The first-order valence-electron chi connectivity index (χ1n) is 4.25. The summed E-state index contributed by atoms with van der Waals surface area (Å²) in [5.41, 5.74) is 0. The first-order chi connectivity index (χ1) is 5.90. The van der Waals surface area contributed by atoms with E-state index in [-0.39, 0.29) is 6.10 Å². The van der Waals surface area contributed by atoms with Crippen molar-refractivity contribution in [2.75, 3.05) is 6.61 Å². The lowest BCUT2D eigenvalue weighted by molar-refractivity contribution is -0.00684. The van der Waals surface area contributed by atoms with Crippen LogP contribution in [0, 0.1) is 5.92 Å². The highest BCUT2D eigenvalue weighted by atomic mass is 31.2. The van der Waals surface area contributed by atoms with E-state index >= 15 is 0 Å². The first kappa shape index (κ1) is 11.1. The Labute approximate surface area is 77.3 Å². The summed E-state index contributed by atoms with van der Waals surface area (Å²) in [5.74, 6) is 0.293. The van der Waals surface area contributed by atoms with Crippen molar-refractivity contribution in [3.05, 3.63) is 0 Å². The monoisotopic (exact) mass is 210 g/mol. The summed E-state index contributed by atoms with van der Waals surface area (Å²) in [6, 6.07) is 0. The maximum absolute atomic E-state index is 10.5. The fourth-order valence-electron chi connectivity index (χ4n) is 1.59. The van der Waals surface area contributed by atoms with Gasteiger partial charge in [-0.1, -0.05) is 6.92 Å². The first-order valence-corrected chi connectivity index (χ1v) is 5.79. The zero-order valence-corrected chi connectivity index (χ0v) is 8.61. The van der Waals surface area contributed by atoms with Crippen LogP contribution in [0.25, 0.3) is 0 Å². The molecule has 1 saturated heterocycles. The van der Waals surface area contributed by atoms with Gasteiger partial charge in [-0.3, -0.25) is 4.52 Å². The predicted octanol–water partition coefficient (Wildman–Crippen LogP) is 0.909. The predicted molar refractivity (Wildman–Crippen MR) is 46.1 cm³/mol. The van der Waals surface area contributed by atoms with E-state index in [1.165, 1.54) is 0 Å². The van der Waals surface area contributed by atoms with Gasteiger partial charge in [0.1, 0.15) is 0 Å². The number of phosphoric ester groups is 1. The second-order valence-electron chi connectivity index (χ2n) is 3.40. The summed E-state index contributed by atoms with van der Waals surface area (Å²) in [7, 11) is -4.38. The summed E-state index contributed by atoms with van der Waals surface area (Å²) in [4.78, 5) is 17.1. The van der Waals surface area contributed by atoms with E-state index in [4.69, 9.17) is 14.5 Å². The average Bonchev–Trinajstić information content (AvgIpc) is 2.30. The van der Waals surface area contributed by atoms with Crippen LogP contribution in [0.5, 0.6) is 0 Å². The molecule has 1 rings (SSSR count). The van der Waals surface area contributed by atoms with Crippen LogP contribution < -0.4 is 0 Å². The molecule has 0 spiro atoms. The van der Waals surface area contributed by atoms with Gasteiger partial charge in [0.25, 0.3) is 0 Å². The van der Waals surface area contributed by atoms with Gasteiger partial charge >= 0.3 is 7.82 Å². The summed E-state index contributed by atoms with van der Waals surface area (Å²) < 4.78 is 20.4. The topological polar surface area (TPSA) is 76.0 Å². The fraction of sp³-hybridized carbons (Fsp3) is 1.00. The molecule has 0 aromatic heterocycles. The zero-order valence-electron chi connectivity index (χ0n) is 7.71. The Morgan fingerprint density at radius 2 is 2.23 bits per heavy atom. The smallest absolute Gasteiger partial charge is 0.375 e. The fourth-order valence-corrected chi connectivity index (χ4v) is 2.15. The molecule has 2 N–H and O–H groups in total. The largest absolute Gasteiger partial charge is 0.469 e. The van der Waals surface area contributed by atoms with Crippen molar-refractivity contribution in [3.63, 3.8) is 0 Å². The highest BCUT2D eigenvalue weighted by Gasteiger charge is 2.33. The number of hydrogen-bond acceptors (Lipinski definition) is 3. The van der Waals surface area contributed by atoms with E-state index in [2.05, 4.69) is 4.52 Å². The number of ether oxygens (including phenoxy) is 1. The molecule has 0 aromatic rings. The Morgan fingerprint density at radius 3 is 2.62 bits per heavy atom. The van der Waals surface area contributed by atoms with Gasteiger partial charge in [-0.25, -0.2) is 4.57 Å². The molecular weight excluding hydrogens is 195 g/mol. The zero-order chi connectivity index (χ0) is 10.1. The van der Waals surface area contributed by atoms with E-state index in [0.29, 0.717) is 12.5 Å². The van der Waals surface area contributed by atoms with Crippen LogP contribution in [0.1, 0.15) is 20.3 Å². The van der Waals surface area contributed by atoms with Crippen LogP contribution in [-0.4, -0.2) is 28.6 Å². The van der Waals surface area contributed by atoms with Crippen molar-refractivity contribution in [3.8, 4) is 0 Å². The lowest BCUT2D eigenvalue weighted by atomic mass is 10.0. The van der Waals surface area contributed by atoms with Crippen LogP contribution >= 0.6 is 7.82 Å². The van der Waals surface area contributed by atoms with Gasteiger partial charge in [0.15, 0.2) is 0 Å². The van der Waals surface area contributed by atoms with Crippen molar-refractivity contribution in [2.24, 2.45) is 5.92 Å². The van der Waals surface area contributed by atoms with Crippen LogP contribution in [-0.2, 0) is 13.8 Å². The molecule has 0 aromatic carbocycles. The third kappa shape index (κ3) is 3.37. The van der Waals surface area contributed by atoms with Crippen LogP contribution in [0.4, 0.5) is 0 Å². The molecule has 6 heteroatoms. The molecule has 0 aliphatic carbocycles. The third-order valence-electron chi connectivity index (χ3n) is 2.21. The van der Waals surface area contributed by atoms with Gasteiger partial charge < -0.3 is 14.5 Å². The SMILES string of the molecule is C[C@H](OP(=O)(O)O)[C@H]1OCC[C@@H]1C. The third-order valence-corrected chi connectivity index (χ3v) is 2.82. The molecular formula is C7H15O5P. The minimum atomic E-state index is -4.38. The Balaban J connectivity index is 2.47. The molecule has 1 fully saturated rings. The summed E-state index contributed by atoms with van der Waals surface area (Å²) >= 11 is 0. The van der Waals surface area contributed by atoms with E-state index in [9.17, 15) is 4.57 Å². The molecule has 13 heavy (non-hydrogen) atoms. The van der Waals surface area contributed by atoms with Crippen LogP contribution in [0.2, 0.25) is 0 Å². The number of hydrogen-bond donors (Lipinski definition) is 2. The van der Waals surface area contributed by atoms with Crippen molar-refractivity contribution in [2.45, 2.75) is 32.5 Å². The van der Waals surface area contributed by atoms with Gasteiger partial charge in [0, 0.05) is 6.61 Å². The van der Waals surface area contributed by atoms with Crippen LogP contribution in [0.3, 0.4) is 0 Å². The highest BCUT2D eigenvalue weighted by molar-refractivity contribution is 7.46. The van der Waals surface area contributed by atoms with Crippen molar-refractivity contribution in [1.29, 1.82) is 0 Å². The van der Waals surface area contributed by atoms with E-state index in [0.717, 1.165) is 6.42 Å². The summed E-state index contributed by atoms with van der Waals surface area (Å²) in [6.45, 7) is 4.24. The van der Waals surface area contributed by atoms with Gasteiger partial charge in [-0.2, -0.15) is 0 Å². The van der Waals surface area contributed by atoms with E-state index < -0.39 is 13.9 Å². The molecule has 3 atom stereocenters. The van der Waals surface area contributed by atoms with Gasteiger partial charge in [0.05, 0.1) is 12.2 Å². The Hall–Kier alpha value is 0.0700. The molecule has 1 heterocycles. The maximum atomic E-state index is 10.5. The molecule has 0 unspecified atom stereocenters. The molecule has 5 nitrogen and oxygen atoms in total. The molecule has 1 aliphatic rings. The average molecular weight is 210 g/mol. The summed E-state index contributed by atoms with van der Waals surface area (Å²) in [5, 5.41) is 0. The lowest BCUT2D eigenvalue weighted by Crippen LogP contribution is -2.29. The van der Waals surface area contributed by atoms with Crippen LogP contribution in [0.15, 0.2) is 0 Å². The van der Waals surface area contributed by atoms with Gasteiger partial charge in [-0.15, -0.1) is 0 Å². The van der Waals surface area contributed by atoms with Crippen molar-refractivity contribution < 1.29 is 23.6 Å². The Kier molecular flexibility index (Phi) is 3.49. The number of rotatable bonds is 3. The molecule has 0 bridgehead atoms. The molecule has 0 saturated carbocycles. The maximum Gasteiger partial charge on any atom is 0.469 e. The van der Waals surface area contributed by atoms with Gasteiger partial charge in [-0.05, 0) is 19.3 Å². The van der Waals surface area contributed by atoms with E-state index in [1.54, 1.807) is 6.92 Å².